The lowest BCUT2D eigenvalue weighted by atomic mass is 10.0. The maximum atomic E-state index is 13.2. The van der Waals surface area contributed by atoms with Crippen LogP contribution in [-0.4, -0.2) is 36.0 Å². The number of benzene rings is 2. The molecule has 8 nitrogen and oxygen atoms in total. The molecule has 0 saturated carbocycles. The molecule has 1 aliphatic heterocycles. The fraction of sp³-hybridized carbons (Fsp3) is 0.304. The summed E-state index contributed by atoms with van der Waals surface area (Å²) in [5.41, 5.74) is 2.22. The molecule has 0 spiro atoms. The van der Waals surface area contributed by atoms with Crippen LogP contribution in [0.3, 0.4) is 0 Å². The average Bonchev–Trinajstić information content (AvgIpc) is 2.82. The number of hydrogen-bond acceptors (Lipinski definition) is 6. The Hall–Kier alpha value is -3.33. The lowest BCUT2D eigenvalue weighted by molar-refractivity contribution is -0.763. The molecular weight excluding hydrogens is 428 g/mol. The van der Waals surface area contributed by atoms with E-state index >= 15 is 0 Å². The van der Waals surface area contributed by atoms with E-state index < -0.39 is 6.17 Å². The molecule has 2 aromatic carbocycles. The largest absolute Gasteiger partial charge is 0.493 e. The van der Waals surface area contributed by atoms with E-state index in [1.54, 1.807) is 22.8 Å². The van der Waals surface area contributed by atoms with Crippen molar-refractivity contribution in [1.29, 1.82) is 0 Å². The Kier molecular flexibility index (Phi) is 6.18. The predicted molar refractivity (Wildman–Crippen MR) is 122 cm³/mol. The number of anilines is 1. The first-order chi connectivity index (χ1) is 15.5. The van der Waals surface area contributed by atoms with Crippen molar-refractivity contribution in [2.45, 2.75) is 31.6 Å². The Bertz CT molecular complexity index is 1230. The predicted octanol–water partition coefficient (Wildman–Crippen LogP) is 3.16. The van der Waals surface area contributed by atoms with Gasteiger partial charge in [0.2, 0.25) is 11.1 Å². The van der Waals surface area contributed by atoms with Crippen molar-refractivity contribution in [1.82, 2.24) is 10.1 Å². The normalized spacial score (nSPS) is 14.5. The van der Waals surface area contributed by atoms with Crippen LogP contribution < -0.4 is 24.6 Å². The number of H-pyrrole nitrogens is 1. The maximum absolute atomic E-state index is 13.2. The van der Waals surface area contributed by atoms with Crippen LogP contribution in [0.1, 0.15) is 32.0 Å². The molecule has 1 atom stereocenters. The Morgan fingerprint density at radius 2 is 2.00 bits per heavy atom. The monoisotopic (exact) mass is 453 g/mol. The number of ether oxygens (including phenoxy) is 2. The minimum Gasteiger partial charge on any atom is -0.493 e. The summed E-state index contributed by atoms with van der Waals surface area (Å²) in [6, 6.07) is 12.9. The highest BCUT2D eigenvalue weighted by Gasteiger charge is 2.45. The van der Waals surface area contributed by atoms with Crippen molar-refractivity contribution in [2.24, 2.45) is 0 Å². The number of aromatic nitrogens is 3. The summed E-state index contributed by atoms with van der Waals surface area (Å²) in [6.45, 7) is 4.18. The van der Waals surface area contributed by atoms with Gasteiger partial charge in [-0.05, 0) is 48.2 Å². The van der Waals surface area contributed by atoms with E-state index in [0.717, 1.165) is 5.56 Å². The smallest absolute Gasteiger partial charge is 0.325 e. The lowest BCUT2D eigenvalue weighted by Crippen LogP contribution is -2.60. The van der Waals surface area contributed by atoms with Gasteiger partial charge in [-0.1, -0.05) is 30.8 Å². The van der Waals surface area contributed by atoms with Gasteiger partial charge < -0.3 is 9.47 Å². The lowest BCUT2D eigenvalue weighted by Gasteiger charge is -2.32. The van der Waals surface area contributed by atoms with E-state index in [4.69, 9.17) is 14.6 Å². The molecule has 3 aromatic rings. The fourth-order valence-corrected chi connectivity index (χ4v) is 4.29. The molecule has 0 unspecified atom stereocenters. The third kappa shape index (κ3) is 3.62. The molecule has 0 saturated heterocycles. The van der Waals surface area contributed by atoms with Crippen LogP contribution in [0.15, 0.2) is 52.4 Å². The van der Waals surface area contributed by atoms with Crippen molar-refractivity contribution in [3.63, 3.8) is 0 Å². The number of thioether (sulfide) groups is 1. The van der Waals surface area contributed by atoms with E-state index in [0.29, 0.717) is 46.6 Å². The number of methoxy groups -OCH3 is 1. The number of amides is 1. The van der Waals surface area contributed by atoms with Crippen LogP contribution in [0.5, 0.6) is 11.5 Å². The van der Waals surface area contributed by atoms with Gasteiger partial charge in [0.1, 0.15) is 0 Å². The molecular formula is C23H25N4O4S+. The number of nitrogens with one attached hydrogen (secondary N) is 1. The number of rotatable bonds is 6. The van der Waals surface area contributed by atoms with Crippen molar-refractivity contribution in [3.8, 4) is 22.8 Å². The molecule has 1 aliphatic rings. The average molecular weight is 454 g/mol. The highest BCUT2D eigenvalue weighted by Crippen LogP contribution is 2.39. The maximum Gasteiger partial charge on any atom is 0.325 e. The first kappa shape index (κ1) is 21.9. The summed E-state index contributed by atoms with van der Waals surface area (Å²) in [6.07, 6.45) is 1.48. The third-order valence-corrected chi connectivity index (χ3v) is 5.88. The Morgan fingerprint density at radius 1 is 1.22 bits per heavy atom. The van der Waals surface area contributed by atoms with Crippen LogP contribution in [0, 0.1) is 0 Å². The molecule has 0 fully saturated rings. The standard InChI is InChI=1S/C23H24N4O4S/c1-5-19(28)26-16-10-8-7-9-15(16)20-21(29)24-23(32-4)25-27(20)22(26)14-11-12-17(30-3)18(13-14)31-6-2/h7-13,22H,5-6H2,1-4H3/p+1/t22-/m0/s1. The molecule has 1 N–H and O–H groups in total. The summed E-state index contributed by atoms with van der Waals surface area (Å²) in [7, 11) is 1.58. The number of carbonyl (C=O) groups excluding carboxylic acids is 1. The molecule has 32 heavy (non-hydrogen) atoms. The van der Waals surface area contributed by atoms with Gasteiger partial charge in [-0.2, -0.15) is 0 Å². The van der Waals surface area contributed by atoms with E-state index in [9.17, 15) is 9.59 Å². The van der Waals surface area contributed by atoms with Gasteiger partial charge in [-0.3, -0.25) is 14.6 Å². The van der Waals surface area contributed by atoms with Crippen LogP contribution in [0.4, 0.5) is 5.69 Å². The summed E-state index contributed by atoms with van der Waals surface area (Å²) in [4.78, 5) is 30.9. The van der Waals surface area contributed by atoms with Crippen molar-refractivity contribution in [2.75, 3.05) is 24.9 Å². The topological polar surface area (TPSA) is 88.4 Å². The number of para-hydroxylation sites is 1. The molecule has 0 bridgehead atoms. The van der Waals surface area contributed by atoms with Gasteiger partial charge >= 0.3 is 11.3 Å². The SMILES string of the molecule is CCOc1cc([C@H]2N(C(=O)CC)c3ccccc3-c3c(=O)[nH]c(SC)n[n+]32)ccc1OC. The van der Waals surface area contributed by atoms with Gasteiger partial charge in [0.15, 0.2) is 11.5 Å². The molecule has 166 valence electrons. The van der Waals surface area contributed by atoms with Gasteiger partial charge in [-0.25, -0.2) is 4.90 Å². The molecule has 0 radical (unpaired) electrons. The Morgan fingerprint density at radius 3 is 2.69 bits per heavy atom. The van der Waals surface area contributed by atoms with Crippen LogP contribution in [0.25, 0.3) is 11.3 Å². The molecule has 1 amide bonds. The number of hydrogen-bond donors (Lipinski definition) is 1. The van der Waals surface area contributed by atoms with Crippen LogP contribution in [0.2, 0.25) is 0 Å². The van der Waals surface area contributed by atoms with Crippen LogP contribution >= 0.6 is 11.8 Å². The van der Waals surface area contributed by atoms with Crippen LogP contribution in [-0.2, 0) is 4.79 Å². The summed E-state index contributed by atoms with van der Waals surface area (Å²) in [5, 5.41) is 5.16. The third-order valence-electron chi connectivity index (χ3n) is 5.31. The first-order valence-electron chi connectivity index (χ1n) is 10.4. The minimum absolute atomic E-state index is 0.0813. The van der Waals surface area contributed by atoms with Crippen molar-refractivity contribution >= 4 is 23.4 Å². The Balaban J connectivity index is 2.04. The zero-order valence-corrected chi connectivity index (χ0v) is 19.2. The Labute approximate surface area is 190 Å². The van der Waals surface area contributed by atoms with Crippen molar-refractivity contribution in [3.05, 3.63) is 58.4 Å². The summed E-state index contributed by atoms with van der Waals surface area (Å²) >= 11 is 1.33. The van der Waals surface area contributed by atoms with E-state index in [1.807, 2.05) is 56.5 Å². The quantitative estimate of drug-likeness (QED) is 0.456. The molecule has 0 aliphatic carbocycles. The minimum atomic E-state index is -0.661. The van der Waals surface area contributed by atoms with E-state index in [-0.39, 0.29) is 11.5 Å². The fourth-order valence-electron chi connectivity index (χ4n) is 3.93. The first-order valence-corrected chi connectivity index (χ1v) is 11.6. The highest BCUT2D eigenvalue weighted by molar-refractivity contribution is 7.98. The number of fused-ring (bicyclic) bond motifs is 3. The van der Waals surface area contributed by atoms with Gasteiger partial charge in [0, 0.05) is 17.1 Å². The molecule has 4 rings (SSSR count). The zero-order chi connectivity index (χ0) is 22.8. The van der Waals surface area contributed by atoms with Crippen molar-refractivity contribution < 1.29 is 19.0 Å². The van der Waals surface area contributed by atoms with E-state index in [2.05, 4.69) is 4.98 Å². The number of aromatic amines is 1. The zero-order valence-electron chi connectivity index (χ0n) is 18.4. The molecule has 1 aromatic heterocycles. The molecule has 2 heterocycles. The summed E-state index contributed by atoms with van der Waals surface area (Å²) in [5.74, 6) is 1.07. The van der Waals surface area contributed by atoms with Gasteiger partial charge in [0.25, 0.3) is 6.17 Å². The second-order valence-electron chi connectivity index (χ2n) is 7.11. The summed E-state index contributed by atoms with van der Waals surface area (Å²) < 4.78 is 12.8. The molecule has 9 heteroatoms. The van der Waals surface area contributed by atoms with Gasteiger partial charge in [-0.15, -0.1) is 0 Å². The number of nitrogens with zero attached hydrogens (tertiary/aromatic N) is 3. The number of carbonyl (C=O) groups is 1. The second-order valence-corrected chi connectivity index (χ2v) is 7.90. The highest BCUT2D eigenvalue weighted by atomic mass is 32.2. The van der Waals surface area contributed by atoms with Gasteiger partial charge in [0.05, 0.1) is 25.0 Å². The second kappa shape index (κ2) is 9.04. The van der Waals surface area contributed by atoms with E-state index in [1.165, 1.54) is 11.8 Å².